The summed E-state index contributed by atoms with van der Waals surface area (Å²) in [4.78, 5) is 2.84. The molecule has 0 amide bonds. The van der Waals surface area contributed by atoms with Crippen LogP contribution in [0.15, 0.2) is 48.5 Å². The van der Waals surface area contributed by atoms with Crippen molar-refractivity contribution >= 4 is 54.0 Å². The van der Waals surface area contributed by atoms with Crippen LogP contribution in [0.4, 0.5) is 0 Å². The lowest BCUT2D eigenvalue weighted by Gasteiger charge is -2.07. The van der Waals surface area contributed by atoms with E-state index in [1.54, 1.807) is 0 Å². The molecule has 0 aliphatic heterocycles. The number of hydrogen-bond acceptors (Lipinski definition) is 2. The summed E-state index contributed by atoms with van der Waals surface area (Å²) in [5, 5.41) is 2.77. The maximum atomic E-state index is 2.27. The van der Waals surface area contributed by atoms with Crippen LogP contribution in [0.25, 0.3) is 31.3 Å². The Labute approximate surface area is 151 Å². The van der Waals surface area contributed by atoms with Gasteiger partial charge in [0.25, 0.3) is 0 Å². The molecule has 0 N–H and O–H groups in total. The van der Waals surface area contributed by atoms with Crippen molar-refractivity contribution in [2.45, 2.75) is 27.7 Å². The number of aryl methyl sites for hydroxylation is 2. The summed E-state index contributed by atoms with van der Waals surface area (Å²) >= 11 is 3.83. The fraction of sp³-hybridized carbons (Fsp3) is 0.182. The Hall–Kier alpha value is -1.90. The SMILES string of the molecule is C/C(=C(\C)c1sc2ccccc2c1C)c1sc2ccccc2c1C. The van der Waals surface area contributed by atoms with E-state index in [4.69, 9.17) is 0 Å². The Morgan fingerprint density at radius 3 is 1.38 bits per heavy atom. The zero-order chi connectivity index (χ0) is 16.8. The lowest BCUT2D eigenvalue weighted by Crippen LogP contribution is -1.85. The van der Waals surface area contributed by atoms with Crippen molar-refractivity contribution in [2.24, 2.45) is 0 Å². The first kappa shape index (κ1) is 15.6. The third-order valence-electron chi connectivity index (χ3n) is 4.93. The van der Waals surface area contributed by atoms with Crippen LogP contribution in [0, 0.1) is 13.8 Å². The van der Waals surface area contributed by atoms with Gasteiger partial charge < -0.3 is 0 Å². The number of hydrogen-bond donors (Lipinski definition) is 0. The predicted molar refractivity (Wildman–Crippen MR) is 111 cm³/mol. The Morgan fingerprint density at radius 2 is 1.00 bits per heavy atom. The summed E-state index contributed by atoms with van der Waals surface area (Å²) in [6, 6.07) is 17.4. The fourth-order valence-electron chi connectivity index (χ4n) is 3.40. The molecule has 0 saturated carbocycles. The minimum absolute atomic E-state index is 1.38. The van der Waals surface area contributed by atoms with Gasteiger partial charge in [0.1, 0.15) is 0 Å². The van der Waals surface area contributed by atoms with Gasteiger partial charge in [-0.3, -0.25) is 0 Å². The Kier molecular flexibility index (Phi) is 3.82. The highest BCUT2D eigenvalue weighted by Gasteiger charge is 2.15. The topological polar surface area (TPSA) is 0 Å². The van der Waals surface area contributed by atoms with Crippen molar-refractivity contribution in [1.29, 1.82) is 0 Å². The summed E-state index contributed by atoms with van der Waals surface area (Å²) in [6.07, 6.45) is 0. The highest BCUT2D eigenvalue weighted by Crippen LogP contribution is 2.41. The normalized spacial score (nSPS) is 12.8. The van der Waals surface area contributed by atoms with Crippen LogP contribution in [0.5, 0.6) is 0 Å². The monoisotopic (exact) mass is 348 g/mol. The second-order valence-electron chi connectivity index (χ2n) is 6.35. The quantitative estimate of drug-likeness (QED) is 0.348. The molecule has 2 heteroatoms. The molecule has 0 unspecified atom stereocenters. The first-order valence-electron chi connectivity index (χ1n) is 8.22. The maximum absolute atomic E-state index is 2.27. The van der Waals surface area contributed by atoms with Crippen molar-refractivity contribution < 1.29 is 0 Å². The Bertz CT molecular complexity index is 1000. The zero-order valence-corrected chi connectivity index (χ0v) is 16.1. The average molecular weight is 349 g/mol. The molecule has 4 aromatic rings. The maximum Gasteiger partial charge on any atom is 0.0352 e. The highest BCUT2D eigenvalue weighted by atomic mass is 32.1. The third-order valence-corrected chi connectivity index (χ3v) is 7.72. The van der Waals surface area contributed by atoms with E-state index in [1.807, 2.05) is 22.7 Å². The van der Waals surface area contributed by atoms with Gasteiger partial charge in [0.15, 0.2) is 0 Å². The largest absolute Gasteiger partial charge is 0.135 e. The van der Waals surface area contributed by atoms with E-state index in [-0.39, 0.29) is 0 Å². The van der Waals surface area contributed by atoms with Crippen LogP contribution in [0.2, 0.25) is 0 Å². The molecule has 0 saturated heterocycles. The van der Waals surface area contributed by atoms with Gasteiger partial charge in [-0.1, -0.05) is 36.4 Å². The van der Waals surface area contributed by atoms with Crippen LogP contribution in [-0.2, 0) is 0 Å². The van der Waals surface area contributed by atoms with Crippen molar-refractivity contribution in [3.05, 3.63) is 69.4 Å². The summed E-state index contributed by atoms with van der Waals surface area (Å²) < 4.78 is 2.76. The van der Waals surface area contributed by atoms with Crippen LogP contribution >= 0.6 is 22.7 Å². The number of benzene rings is 2. The molecule has 0 bridgehead atoms. The molecule has 24 heavy (non-hydrogen) atoms. The van der Waals surface area contributed by atoms with Gasteiger partial charge in [-0.2, -0.15) is 0 Å². The van der Waals surface area contributed by atoms with Crippen molar-refractivity contribution in [2.75, 3.05) is 0 Å². The van der Waals surface area contributed by atoms with Gasteiger partial charge in [-0.05, 0) is 72.9 Å². The molecule has 4 rings (SSSR count). The summed E-state index contributed by atoms with van der Waals surface area (Å²) in [6.45, 7) is 9.05. The van der Waals surface area contributed by atoms with Crippen molar-refractivity contribution in [1.82, 2.24) is 0 Å². The molecule has 0 radical (unpaired) electrons. The van der Waals surface area contributed by atoms with Crippen LogP contribution in [-0.4, -0.2) is 0 Å². The number of thiophene rings is 2. The van der Waals surface area contributed by atoms with Crippen LogP contribution < -0.4 is 0 Å². The van der Waals surface area contributed by atoms with E-state index in [0.29, 0.717) is 0 Å². The number of allylic oxidation sites excluding steroid dienone is 2. The molecule has 0 atom stereocenters. The zero-order valence-electron chi connectivity index (χ0n) is 14.4. The summed E-state index contributed by atoms with van der Waals surface area (Å²) in [7, 11) is 0. The van der Waals surface area contributed by atoms with E-state index < -0.39 is 0 Å². The minimum Gasteiger partial charge on any atom is -0.135 e. The molecule has 2 heterocycles. The lowest BCUT2D eigenvalue weighted by atomic mass is 10.0. The average Bonchev–Trinajstić information content (AvgIpc) is 3.12. The first-order chi connectivity index (χ1) is 11.6. The molecule has 0 nitrogen and oxygen atoms in total. The van der Waals surface area contributed by atoms with Gasteiger partial charge in [-0.25, -0.2) is 0 Å². The number of rotatable bonds is 2. The predicted octanol–water partition coefficient (Wildman–Crippen LogP) is 7.68. The second kappa shape index (κ2) is 5.87. The second-order valence-corrected chi connectivity index (χ2v) is 8.46. The van der Waals surface area contributed by atoms with Crippen molar-refractivity contribution in [3.63, 3.8) is 0 Å². The standard InChI is InChI=1S/C22H20S2/c1-13(21-15(3)17-9-5-7-11-19(17)23-21)14(2)22-16(4)18-10-6-8-12-20(18)24-22/h5-12H,1-4H3/b14-13-. The van der Waals surface area contributed by atoms with Crippen LogP contribution in [0.1, 0.15) is 34.7 Å². The summed E-state index contributed by atoms with van der Waals surface area (Å²) in [5.74, 6) is 0. The molecular weight excluding hydrogens is 328 g/mol. The number of fused-ring (bicyclic) bond motifs is 2. The summed E-state index contributed by atoms with van der Waals surface area (Å²) in [5.41, 5.74) is 5.63. The van der Waals surface area contributed by atoms with Crippen LogP contribution in [0.3, 0.4) is 0 Å². The molecule has 120 valence electrons. The third kappa shape index (κ3) is 2.33. The first-order valence-corrected chi connectivity index (χ1v) is 9.85. The molecule has 0 fully saturated rings. The van der Waals surface area contributed by atoms with Gasteiger partial charge in [0.05, 0.1) is 0 Å². The van der Waals surface area contributed by atoms with Gasteiger partial charge in [-0.15, -0.1) is 22.7 Å². The highest BCUT2D eigenvalue weighted by molar-refractivity contribution is 7.21. The van der Waals surface area contributed by atoms with Gasteiger partial charge in [0.2, 0.25) is 0 Å². The fourth-order valence-corrected chi connectivity index (χ4v) is 5.94. The molecule has 0 aliphatic carbocycles. The van der Waals surface area contributed by atoms with Gasteiger partial charge >= 0.3 is 0 Å². The van der Waals surface area contributed by atoms with Gasteiger partial charge in [0, 0.05) is 19.2 Å². The van der Waals surface area contributed by atoms with E-state index >= 15 is 0 Å². The van der Waals surface area contributed by atoms with E-state index in [1.165, 1.54) is 52.2 Å². The van der Waals surface area contributed by atoms with E-state index in [2.05, 4.69) is 76.2 Å². The smallest absolute Gasteiger partial charge is 0.0352 e. The Balaban J connectivity index is 1.93. The minimum atomic E-state index is 1.38. The lowest BCUT2D eigenvalue weighted by molar-refractivity contribution is 1.50. The van der Waals surface area contributed by atoms with E-state index in [0.717, 1.165) is 0 Å². The molecular formula is C22H20S2. The molecule has 0 spiro atoms. The molecule has 0 aliphatic rings. The van der Waals surface area contributed by atoms with E-state index in [9.17, 15) is 0 Å². The molecule has 2 aromatic carbocycles. The Morgan fingerprint density at radius 1 is 0.625 bits per heavy atom. The molecule has 2 aromatic heterocycles. The van der Waals surface area contributed by atoms with Crippen molar-refractivity contribution in [3.8, 4) is 0 Å².